The van der Waals surface area contributed by atoms with Gasteiger partial charge < -0.3 is 16.6 Å². The molecule has 7 heteroatoms. The summed E-state index contributed by atoms with van der Waals surface area (Å²) in [6.07, 6.45) is 1.19. The highest BCUT2D eigenvalue weighted by Crippen LogP contribution is 2.32. The number of nitrogens with two attached hydrogens (primary N) is 2. The number of rotatable bonds is 6. The molecule has 0 saturated heterocycles. The summed E-state index contributed by atoms with van der Waals surface area (Å²) in [6.45, 7) is -0.283. The highest BCUT2D eigenvalue weighted by molar-refractivity contribution is 5.80. The Bertz CT molecular complexity index is 302. The smallest absolute Gasteiger partial charge is 0.308 e. The van der Waals surface area contributed by atoms with Crippen LogP contribution in [0.15, 0.2) is 0 Å². The van der Waals surface area contributed by atoms with Gasteiger partial charge in [0.15, 0.2) is 0 Å². The Balaban J connectivity index is 2.64. The number of carbonyl (C=O) groups is 3. The van der Waals surface area contributed by atoms with Crippen molar-refractivity contribution in [1.29, 1.82) is 0 Å². The van der Waals surface area contributed by atoms with Crippen LogP contribution in [0.4, 0.5) is 0 Å². The van der Waals surface area contributed by atoms with Crippen LogP contribution in [0.1, 0.15) is 12.8 Å². The number of nitrogens with zero attached hydrogens (tertiary/aromatic N) is 1. The van der Waals surface area contributed by atoms with Crippen molar-refractivity contribution in [3.05, 3.63) is 0 Å². The first kappa shape index (κ1) is 12.4. The van der Waals surface area contributed by atoms with Crippen LogP contribution in [0.3, 0.4) is 0 Å². The molecule has 1 fully saturated rings. The normalized spacial score (nSPS) is 23.8. The average molecular weight is 229 g/mol. The lowest BCUT2D eigenvalue weighted by Crippen LogP contribution is -2.54. The van der Waals surface area contributed by atoms with Crippen LogP contribution in [0.25, 0.3) is 0 Å². The molecule has 16 heavy (non-hydrogen) atoms. The van der Waals surface area contributed by atoms with Crippen LogP contribution in [-0.4, -0.2) is 46.9 Å². The van der Waals surface area contributed by atoms with Gasteiger partial charge in [-0.05, 0) is 12.8 Å². The summed E-state index contributed by atoms with van der Waals surface area (Å²) >= 11 is 0. The maximum Gasteiger partial charge on any atom is 0.308 e. The van der Waals surface area contributed by atoms with Crippen LogP contribution in [0.2, 0.25) is 0 Å². The fourth-order valence-corrected chi connectivity index (χ4v) is 1.90. The second-order valence-electron chi connectivity index (χ2n) is 3.93. The van der Waals surface area contributed by atoms with Gasteiger partial charge in [-0.2, -0.15) is 0 Å². The first-order chi connectivity index (χ1) is 7.41. The molecule has 0 aromatic rings. The summed E-state index contributed by atoms with van der Waals surface area (Å²) in [6, 6.07) is -0.322. The van der Waals surface area contributed by atoms with Gasteiger partial charge in [0.25, 0.3) is 0 Å². The summed E-state index contributed by atoms with van der Waals surface area (Å²) < 4.78 is 0. The molecule has 5 N–H and O–H groups in total. The van der Waals surface area contributed by atoms with Gasteiger partial charge in [0.05, 0.1) is 19.0 Å². The number of primary amides is 2. The van der Waals surface area contributed by atoms with Crippen LogP contribution < -0.4 is 11.5 Å². The van der Waals surface area contributed by atoms with Gasteiger partial charge in [0, 0.05) is 6.04 Å². The molecule has 0 radical (unpaired) electrons. The van der Waals surface area contributed by atoms with Crippen molar-refractivity contribution < 1.29 is 19.5 Å². The third kappa shape index (κ3) is 2.93. The zero-order valence-corrected chi connectivity index (χ0v) is 8.76. The molecule has 0 spiro atoms. The van der Waals surface area contributed by atoms with E-state index in [9.17, 15) is 14.4 Å². The minimum absolute atomic E-state index is 0.141. The predicted molar refractivity (Wildman–Crippen MR) is 54.1 cm³/mol. The fraction of sp³-hybridized carbons (Fsp3) is 0.667. The topological polar surface area (TPSA) is 127 Å². The van der Waals surface area contributed by atoms with Gasteiger partial charge >= 0.3 is 5.97 Å². The summed E-state index contributed by atoms with van der Waals surface area (Å²) in [5.74, 6) is -2.66. The van der Waals surface area contributed by atoms with Crippen molar-refractivity contribution in [2.75, 3.05) is 13.1 Å². The number of amides is 2. The third-order valence-corrected chi connectivity index (χ3v) is 2.74. The minimum atomic E-state index is -0.921. The maximum atomic E-state index is 10.8. The van der Waals surface area contributed by atoms with Crippen molar-refractivity contribution in [3.8, 4) is 0 Å². The number of carboxylic acid groups (broad SMARTS) is 1. The van der Waals surface area contributed by atoms with Gasteiger partial charge in [0.1, 0.15) is 0 Å². The molecule has 0 aromatic carbocycles. The summed E-state index contributed by atoms with van der Waals surface area (Å²) in [4.78, 5) is 33.8. The number of carboxylic acids is 1. The maximum absolute atomic E-state index is 10.8. The molecule has 2 unspecified atom stereocenters. The molecular weight excluding hydrogens is 214 g/mol. The van der Waals surface area contributed by atoms with E-state index in [-0.39, 0.29) is 19.1 Å². The van der Waals surface area contributed by atoms with E-state index in [1.54, 1.807) is 0 Å². The molecule has 1 aliphatic rings. The zero-order valence-electron chi connectivity index (χ0n) is 8.76. The number of hydrogen-bond donors (Lipinski definition) is 3. The van der Waals surface area contributed by atoms with E-state index in [1.807, 2.05) is 0 Å². The number of hydrogen-bond acceptors (Lipinski definition) is 4. The minimum Gasteiger partial charge on any atom is -0.481 e. The molecule has 1 rings (SSSR count). The first-order valence-electron chi connectivity index (χ1n) is 4.95. The summed E-state index contributed by atoms with van der Waals surface area (Å²) in [5.41, 5.74) is 10.1. The van der Waals surface area contributed by atoms with Crippen molar-refractivity contribution >= 4 is 17.8 Å². The van der Waals surface area contributed by atoms with Crippen LogP contribution in [0.5, 0.6) is 0 Å². The first-order valence-corrected chi connectivity index (χ1v) is 4.95. The van der Waals surface area contributed by atoms with Gasteiger partial charge in [-0.3, -0.25) is 19.3 Å². The Labute approximate surface area is 92.4 Å². The quantitative estimate of drug-likeness (QED) is 0.491. The Hall–Kier alpha value is -1.63. The lowest BCUT2D eigenvalue weighted by Gasteiger charge is -2.41. The highest BCUT2D eigenvalue weighted by Gasteiger charge is 2.41. The molecule has 1 aliphatic carbocycles. The second kappa shape index (κ2) is 4.93. The van der Waals surface area contributed by atoms with E-state index in [0.717, 1.165) is 0 Å². The molecule has 90 valence electrons. The molecular formula is C9H15N3O4. The predicted octanol–water partition coefficient (Wildman–Crippen LogP) is -1.88. The Morgan fingerprint density at radius 3 is 1.88 bits per heavy atom. The lowest BCUT2D eigenvalue weighted by molar-refractivity contribution is -0.150. The van der Waals surface area contributed by atoms with Crippen LogP contribution in [0, 0.1) is 5.92 Å². The van der Waals surface area contributed by atoms with E-state index in [2.05, 4.69) is 0 Å². The van der Waals surface area contributed by atoms with Crippen molar-refractivity contribution in [2.24, 2.45) is 17.4 Å². The molecule has 1 saturated carbocycles. The van der Waals surface area contributed by atoms with Crippen molar-refractivity contribution in [2.45, 2.75) is 18.9 Å². The fourth-order valence-electron chi connectivity index (χ4n) is 1.90. The molecule has 0 heterocycles. The lowest BCUT2D eigenvalue weighted by atomic mass is 9.78. The van der Waals surface area contributed by atoms with Gasteiger partial charge in [-0.25, -0.2) is 0 Å². The molecule has 7 nitrogen and oxygen atoms in total. The third-order valence-electron chi connectivity index (χ3n) is 2.74. The number of carbonyl (C=O) groups excluding carboxylic acids is 2. The summed E-state index contributed by atoms with van der Waals surface area (Å²) in [5, 5.41) is 8.86. The molecule has 0 bridgehead atoms. The molecule has 2 atom stereocenters. The Morgan fingerprint density at radius 2 is 1.62 bits per heavy atom. The molecule has 2 amide bonds. The van der Waals surface area contributed by atoms with Crippen molar-refractivity contribution in [1.82, 2.24) is 4.90 Å². The van der Waals surface area contributed by atoms with Crippen molar-refractivity contribution in [3.63, 3.8) is 0 Å². The molecule has 0 aromatic heterocycles. The van der Waals surface area contributed by atoms with E-state index < -0.39 is 23.7 Å². The number of aliphatic carboxylic acids is 1. The Morgan fingerprint density at radius 1 is 1.12 bits per heavy atom. The monoisotopic (exact) mass is 229 g/mol. The van der Waals surface area contributed by atoms with E-state index >= 15 is 0 Å². The van der Waals surface area contributed by atoms with E-state index in [4.69, 9.17) is 16.6 Å². The van der Waals surface area contributed by atoms with Crippen LogP contribution >= 0.6 is 0 Å². The average Bonchev–Trinajstić information content (AvgIpc) is 1.96. The Kier molecular flexibility index (Phi) is 3.83. The van der Waals surface area contributed by atoms with E-state index in [0.29, 0.717) is 12.8 Å². The highest BCUT2D eigenvalue weighted by atomic mass is 16.4. The zero-order chi connectivity index (χ0) is 12.3. The van der Waals surface area contributed by atoms with E-state index in [1.165, 1.54) is 4.90 Å². The second-order valence-corrected chi connectivity index (χ2v) is 3.93. The SMILES string of the molecule is NC(=O)CN(CC(N)=O)C1CCC1C(=O)O. The standard InChI is InChI=1S/C9H15N3O4/c10-7(13)3-12(4-8(11)14)6-2-1-5(6)9(15)16/h5-6H,1-4H2,(H2,10,13)(H2,11,14)(H,15,16). The summed E-state index contributed by atoms with van der Waals surface area (Å²) in [7, 11) is 0. The molecule has 0 aliphatic heterocycles. The largest absolute Gasteiger partial charge is 0.481 e. The van der Waals surface area contributed by atoms with Gasteiger partial charge in [-0.15, -0.1) is 0 Å². The van der Waals surface area contributed by atoms with Crippen LogP contribution in [-0.2, 0) is 14.4 Å². The van der Waals surface area contributed by atoms with Gasteiger partial charge in [-0.1, -0.05) is 0 Å². The van der Waals surface area contributed by atoms with Gasteiger partial charge in [0.2, 0.25) is 11.8 Å².